The highest BCUT2D eigenvalue weighted by atomic mass is 127. The Morgan fingerprint density at radius 2 is 1.93 bits per heavy atom. The standard InChI is InChI=1S/C19H26F2N4O.HI/c1-11(2)18(26)25-8-7-12(10-25)23-19(22-3)24-16-9-13(16)17-14(20)5-4-6-15(17)21;/h4-6,11-13,16H,7-10H2,1-3H3,(H2,22,23,24);1H. The average molecular weight is 492 g/mol. The van der Waals surface area contributed by atoms with Gasteiger partial charge in [0.15, 0.2) is 5.96 Å². The number of nitrogens with zero attached hydrogens (tertiary/aromatic N) is 2. The van der Waals surface area contributed by atoms with Crippen LogP contribution in [0, 0.1) is 17.6 Å². The van der Waals surface area contributed by atoms with Gasteiger partial charge in [0.05, 0.1) is 0 Å². The summed E-state index contributed by atoms with van der Waals surface area (Å²) in [5.41, 5.74) is 0.148. The predicted octanol–water partition coefficient (Wildman–Crippen LogP) is 2.86. The van der Waals surface area contributed by atoms with Crippen LogP contribution in [0.2, 0.25) is 0 Å². The quantitative estimate of drug-likeness (QED) is 0.386. The molecule has 1 amide bonds. The van der Waals surface area contributed by atoms with Crippen molar-refractivity contribution in [3.05, 3.63) is 35.4 Å². The maximum absolute atomic E-state index is 13.9. The number of halogens is 3. The molecule has 5 nitrogen and oxygen atoms in total. The van der Waals surface area contributed by atoms with Crippen molar-refractivity contribution >= 4 is 35.8 Å². The van der Waals surface area contributed by atoms with Crippen LogP contribution in [0.1, 0.15) is 38.2 Å². The lowest BCUT2D eigenvalue weighted by atomic mass is 10.1. The molecule has 2 N–H and O–H groups in total. The molecule has 1 saturated heterocycles. The molecular formula is C19H27F2IN4O. The van der Waals surface area contributed by atoms with Crippen LogP contribution in [-0.4, -0.2) is 49.0 Å². The van der Waals surface area contributed by atoms with Crippen LogP contribution in [0.5, 0.6) is 0 Å². The SMILES string of the molecule is CN=C(NC1CCN(C(=O)C(C)C)C1)NC1CC1c1c(F)cccc1F.I. The summed E-state index contributed by atoms with van der Waals surface area (Å²) in [4.78, 5) is 18.2. The van der Waals surface area contributed by atoms with E-state index in [0.717, 1.165) is 13.0 Å². The van der Waals surface area contributed by atoms with Gasteiger partial charge in [-0.1, -0.05) is 19.9 Å². The molecule has 8 heteroatoms. The number of benzene rings is 1. The lowest BCUT2D eigenvalue weighted by Crippen LogP contribution is -2.46. The van der Waals surface area contributed by atoms with Crippen molar-refractivity contribution in [2.45, 2.75) is 44.7 Å². The van der Waals surface area contributed by atoms with Crippen molar-refractivity contribution in [3.63, 3.8) is 0 Å². The zero-order valence-electron chi connectivity index (χ0n) is 15.8. The molecule has 1 aromatic carbocycles. The zero-order valence-corrected chi connectivity index (χ0v) is 18.2. The smallest absolute Gasteiger partial charge is 0.225 e. The van der Waals surface area contributed by atoms with Crippen molar-refractivity contribution in [1.29, 1.82) is 0 Å². The van der Waals surface area contributed by atoms with E-state index in [1.807, 2.05) is 18.7 Å². The van der Waals surface area contributed by atoms with Gasteiger partial charge in [-0.2, -0.15) is 0 Å². The van der Waals surface area contributed by atoms with E-state index in [9.17, 15) is 13.6 Å². The maximum atomic E-state index is 13.9. The molecule has 0 bridgehead atoms. The van der Waals surface area contributed by atoms with Crippen LogP contribution < -0.4 is 10.6 Å². The maximum Gasteiger partial charge on any atom is 0.225 e. The fraction of sp³-hybridized carbons (Fsp3) is 0.579. The summed E-state index contributed by atoms with van der Waals surface area (Å²) in [7, 11) is 1.67. The average Bonchev–Trinajstić information content (AvgIpc) is 3.17. The van der Waals surface area contributed by atoms with Crippen LogP contribution in [0.3, 0.4) is 0 Å². The highest BCUT2D eigenvalue weighted by Gasteiger charge is 2.42. The summed E-state index contributed by atoms with van der Waals surface area (Å²) in [5.74, 6) is -0.416. The number of hydrogen-bond donors (Lipinski definition) is 2. The van der Waals surface area contributed by atoms with E-state index in [-0.39, 0.29) is 59.4 Å². The molecule has 27 heavy (non-hydrogen) atoms. The van der Waals surface area contributed by atoms with Gasteiger partial charge in [0, 0.05) is 49.6 Å². The van der Waals surface area contributed by atoms with Gasteiger partial charge in [0.25, 0.3) is 0 Å². The number of carbonyl (C=O) groups is 1. The normalized spacial score (nSPS) is 24.6. The lowest BCUT2D eigenvalue weighted by molar-refractivity contribution is -0.133. The number of guanidine groups is 1. The first-order chi connectivity index (χ1) is 12.4. The number of likely N-dealkylation sites (tertiary alicyclic amines) is 1. The van der Waals surface area contributed by atoms with Crippen LogP contribution in [0.4, 0.5) is 8.78 Å². The Bertz CT molecular complexity index is 693. The molecule has 0 radical (unpaired) electrons. The third kappa shape index (κ3) is 5.08. The fourth-order valence-corrected chi connectivity index (χ4v) is 3.52. The predicted molar refractivity (Wildman–Crippen MR) is 112 cm³/mol. The van der Waals surface area contributed by atoms with E-state index in [1.54, 1.807) is 7.05 Å². The van der Waals surface area contributed by atoms with Crippen molar-refractivity contribution in [1.82, 2.24) is 15.5 Å². The van der Waals surface area contributed by atoms with E-state index in [1.165, 1.54) is 18.2 Å². The molecule has 150 valence electrons. The van der Waals surface area contributed by atoms with Crippen LogP contribution in [0.25, 0.3) is 0 Å². The second kappa shape index (κ2) is 9.16. The Morgan fingerprint density at radius 3 is 2.52 bits per heavy atom. The minimum atomic E-state index is -0.499. The molecule has 3 rings (SSSR count). The summed E-state index contributed by atoms with van der Waals surface area (Å²) in [6.07, 6.45) is 1.52. The van der Waals surface area contributed by atoms with E-state index in [4.69, 9.17) is 0 Å². The molecule has 1 heterocycles. The highest BCUT2D eigenvalue weighted by Crippen LogP contribution is 2.43. The topological polar surface area (TPSA) is 56.7 Å². The Labute approximate surface area is 176 Å². The number of carbonyl (C=O) groups excluding carboxylic acids is 1. The van der Waals surface area contributed by atoms with E-state index >= 15 is 0 Å². The van der Waals surface area contributed by atoms with Crippen molar-refractivity contribution in [2.75, 3.05) is 20.1 Å². The summed E-state index contributed by atoms with van der Waals surface area (Å²) in [5, 5.41) is 6.56. The third-order valence-corrected chi connectivity index (χ3v) is 5.04. The fourth-order valence-electron chi connectivity index (χ4n) is 3.52. The minimum Gasteiger partial charge on any atom is -0.353 e. The van der Waals surface area contributed by atoms with Crippen LogP contribution >= 0.6 is 24.0 Å². The van der Waals surface area contributed by atoms with Crippen molar-refractivity contribution < 1.29 is 13.6 Å². The Kier molecular flexibility index (Phi) is 7.41. The van der Waals surface area contributed by atoms with E-state index in [2.05, 4.69) is 15.6 Å². The zero-order chi connectivity index (χ0) is 18.8. The molecule has 1 aromatic rings. The van der Waals surface area contributed by atoms with Crippen LogP contribution in [-0.2, 0) is 4.79 Å². The Balaban J connectivity index is 0.00000261. The van der Waals surface area contributed by atoms with E-state index in [0.29, 0.717) is 18.9 Å². The number of hydrogen-bond acceptors (Lipinski definition) is 2. The van der Waals surface area contributed by atoms with Crippen molar-refractivity contribution in [2.24, 2.45) is 10.9 Å². The second-order valence-corrected chi connectivity index (χ2v) is 7.37. The monoisotopic (exact) mass is 492 g/mol. The molecule has 3 atom stereocenters. The van der Waals surface area contributed by atoms with Gasteiger partial charge in [0.2, 0.25) is 5.91 Å². The largest absolute Gasteiger partial charge is 0.353 e. The lowest BCUT2D eigenvalue weighted by Gasteiger charge is -2.20. The minimum absolute atomic E-state index is 0. The molecule has 2 aliphatic rings. The highest BCUT2D eigenvalue weighted by molar-refractivity contribution is 14.0. The van der Waals surface area contributed by atoms with Gasteiger partial charge in [0.1, 0.15) is 11.6 Å². The third-order valence-electron chi connectivity index (χ3n) is 5.04. The van der Waals surface area contributed by atoms with Gasteiger partial charge in [-0.3, -0.25) is 9.79 Å². The molecule has 1 aliphatic heterocycles. The summed E-state index contributed by atoms with van der Waals surface area (Å²) in [6, 6.07) is 4.05. The first kappa shape index (κ1) is 21.8. The Hall–Kier alpha value is -1.45. The molecule has 1 saturated carbocycles. The molecule has 3 unspecified atom stereocenters. The molecule has 1 aliphatic carbocycles. The summed E-state index contributed by atoms with van der Waals surface area (Å²) >= 11 is 0. The van der Waals surface area contributed by atoms with Gasteiger partial charge in [-0.25, -0.2) is 8.78 Å². The second-order valence-electron chi connectivity index (χ2n) is 7.37. The molecule has 0 spiro atoms. The molecular weight excluding hydrogens is 465 g/mol. The van der Waals surface area contributed by atoms with Gasteiger partial charge in [-0.15, -0.1) is 24.0 Å². The van der Waals surface area contributed by atoms with Gasteiger partial charge >= 0.3 is 0 Å². The van der Waals surface area contributed by atoms with Gasteiger partial charge in [-0.05, 0) is 25.0 Å². The first-order valence-electron chi connectivity index (χ1n) is 9.13. The van der Waals surface area contributed by atoms with Crippen LogP contribution in [0.15, 0.2) is 23.2 Å². The number of aliphatic imine (C=N–C) groups is 1. The number of rotatable bonds is 4. The summed E-state index contributed by atoms with van der Waals surface area (Å²) in [6.45, 7) is 5.18. The number of nitrogens with one attached hydrogen (secondary N) is 2. The van der Waals surface area contributed by atoms with E-state index < -0.39 is 11.6 Å². The first-order valence-corrected chi connectivity index (χ1v) is 9.13. The Morgan fingerprint density at radius 1 is 1.26 bits per heavy atom. The summed E-state index contributed by atoms with van der Waals surface area (Å²) < 4.78 is 27.8. The van der Waals surface area contributed by atoms with Crippen molar-refractivity contribution in [3.8, 4) is 0 Å². The molecule has 0 aromatic heterocycles. The number of amides is 1. The van der Waals surface area contributed by atoms with Gasteiger partial charge < -0.3 is 15.5 Å². The molecule has 2 fully saturated rings.